The monoisotopic (exact) mass is 480 g/mol. The number of nitro benzene ring substituents is 1. The fourth-order valence-corrected chi connectivity index (χ4v) is 4.71. The Balaban J connectivity index is 1.59. The summed E-state index contributed by atoms with van der Waals surface area (Å²) in [6, 6.07) is 17.9. The summed E-state index contributed by atoms with van der Waals surface area (Å²) < 4.78 is 2.04. The molecule has 3 aromatic carbocycles. The normalized spacial score (nSPS) is 11.0. The fourth-order valence-electron chi connectivity index (χ4n) is 3.73. The lowest BCUT2D eigenvalue weighted by Crippen LogP contribution is -2.15. The van der Waals surface area contributed by atoms with Crippen molar-refractivity contribution >= 4 is 51.7 Å². The van der Waals surface area contributed by atoms with Gasteiger partial charge in [-0.25, -0.2) is 4.98 Å². The highest BCUT2D eigenvalue weighted by Gasteiger charge is 2.17. The second-order valence-corrected chi connectivity index (χ2v) is 9.10. The van der Waals surface area contributed by atoms with Crippen molar-refractivity contribution in [3.8, 4) is 0 Å². The molecule has 7 nitrogen and oxygen atoms in total. The summed E-state index contributed by atoms with van der Waals surface area (Å²) in [5, 5.41) is 15.1. The molecule has 0 saturated heterocycles. The summed E-state index contributed by atoms with van der Waals surface area (Å²) in [4.78, 5) is 28.0. The Morgan fingerprint density at radius 3 is 2.58 bits per heavy atom. The maximum atomic E-state index is 12.6. The molecule has 1 amide bonds. The highest BCUT2D eigenvalue weighted by atomic mass is 35.5. The van der Waals surface area contributed by atoms with Gasteiger partial charge in [0.15, 0.2) is 5.16 Å². The van der Waals surface area contributed by atoms with E-state index in [1.165, 1.54) is 35.0 Å². The Hall–Kier alpha value is -3.36. The highest BCUT2D eigenvalue weighted by Crippen LogP contribution is 2.29. The predicted octanol–water partition coefficient (Wildman–Crippen LogP) is 5.99. The second kappa shape index (κ2) is 9.64. The van der Waals surface area contributed by atoms with E-state index >= 15 is 0 Å². The lowest BCUT2D eigenvalue weighted by molar-refractivity contribution is -0.383. The van der Waals surface area contributed by atoms with Crippen molar-refractivity contribution in [1.82, 2.24) is 9.55 Å². The molecule has 1 heterocycles. The summed E-state index contributed by atoms with van der Waals surface area (Å²) in [5.41, 5.74) is 5.15. The van der Waals surface area contributed by atoms with E-state index in [0.717, 1.165) is 16.6 Å². The molecule has 1 aromatic heterocycles. The number of hydrogen-bond donors (Lipinski definition) is 1. The number of amides is 1. The molecule has 9 heteroatoms. The number of halogens is 1. The molecule has 33 heavy (non-hydrogen) atoms. The topological polar surface area (TPSA) is 90.1 Å². The molecule has 0 saturated carbocycles. The van der Waals surface area contributed by atoms with Crippen LogP contribution in [0.4, 0.5) is 11.4 Å². The summed E-state index contributed by atoms with van der Waals surface area (Å²) in [6.45, 7) is 4.69. The van der Waals surface area contributed by atoms with Gasteiger partial charge in [-0.2, -0.15) is 0 Å². The zero-order valence-corrected chi connectivity index (χ0v) is 19.6. The smallest absolute Gasteiger partial charge is 0.292 e. The summed E-state index contributed by atoms with van der Waals surface area (Å²) in [5.74, 6) is -0.298. The SMILES string of the molecule is Cc1cc(C)cc(Cn2c(SCC(=O)Nc3ccccc3[N+](=O)[O-])nc3ccc(Cl)cc32)c1. The van der Waals surface area contributed by atoms with E-state index in [1.807, 2.05) is 16.7 Å². The molecule has 1 N–H and O–H groups in total. The number of carbonyl (C=O) groups excluding carboxylic acids is 1. The van der Waals surface area contributed by atoms with Crippen molar-refractivity contribution in [1.29, 1.82) is 0 Å². The van der Waals surface area contributed by atoms with Crippen LogP contribution in [0.15, 0.2) is 65.8 Å². The molecule has 168 valence electrons. The summed E-state index contributed by atoms with van der Waals surface area (Å²) >= 11 is 7.52. The number of para-hydroxylation sites is 2. The molecule has 0 spiro atoms. The molecule has 0 aliphatic heterocycles. The lowest BCUT2D eigenvalue weighted by Gasteiger charge is -2.11. The number of anilines is 1. The first-order chi connectivity index (χ1) is 15.8. The number of nitrogens with one attached hydrogen (secondary N) is 1. The van der Waals surface area contributed by atoms with Crippen LogP contribution in [0.25, 0.3) is 11.0 Å². The number of rotatable bonds is 7. The van der Waals surface area contributed by atoms with E-state index in [4.69, 9.17) is 16.6 Å². The lowest BCUT2D eigenvalue weighted by atomic mass is 10.1. The van der Waals surface area contributed by atoms with E-state index < -0.39 is 4.92 Å². The maximum absolute atomic E-state index is 12.6. The number of hydrogen-bond acceptors (Lipinski definition) is 5. The third-order valence-electron chi connectivity index (χ3n) is 5.00. The first-order valence-corrected chi connectivity index (χ1v) is 11.6. The average molecular weight is 481 g/mol. The molecule has 0 unspecified atom stereocenters. The molecule has 4 rings (SSSR count). The Bertz CT molecular complexity index is 1350. The van der Waals surface area contributed by atoms with Crippen LogP contribution in [0, 0.1) is 24.0 Å². The zero-order valence-electron chi connectivity index (χ0n) is 18.0. The van der Waals surface area contributed by atoms with Gasteiger partial charge in [0.2, 0.25) is 5.91 Å². The summed E-state index contributed by atoms with van der Waals surface area (Å²) in [7, 11) is 0. The van der Waals surface area contributed by atoms with Gasteiger partial charge in [0.1, 0.15) is 5.69 Å². The minimum absolute atomic E-state index is 0.0515. The van der Waals surface area contributed by atoms with Crippen LogP contribution in [0.1, 0.15) is 16.7 Å². The van der Waals surface area contributed by atoms with Gasteiger partial charge >= 0.3 is 0 Å². The van der Waals surface area contributed by atoms with Gasteiger partial charge in [-0.15, -0.1) is 0 Å². The van der Waals surface area contributed by atoms with Crippen LogP contribution in [-0.4, -0.2) is 26.1 Å². The number of fused-ring (bicyclic) bond motifs is 1. The quantitative estimate of drug-likeness (QED) is 0.199. The number of nitrogens with zero attached hydrogens (tertiary/aromatic N) is 3. The van der Waals surface area contributed by atoms with Gasteiger partial charge in [-0.1, -0.05) is 64.8 Å². The maximum Gasteiger partial charge on any atom is 0.292 e. The first-order valence-electron chi connectivity index (χ1n) is 10.2. The minimum Gasteiger partial charge on any atom is -0.320 e. The van der Waals surface area contributed by atoms with Gasteiger partial charge in [0, 0.05) is 11.1 Å². The van der Waals surface area contributed by atoms with E-state index in [2.05, 4.69) is 37.4 Å². The molecule has 0 radical (unpaired) electrons. The van der Waals surface area contributed by atoms with E-state index in [0.29, 0.717) is 16.7 Å². The van der Waals surface area contributed by atoms with E-state index in [9.17, 15) is 14.9 Å². The third kappa shape index (κ3) is 5.35. The van der Waals surface area contributed by atoms with Gasteiger partial charge in [0.25, 0.3) is 5.69 Å². The Morgan fingerprint density at radius 2 is 1.85 bits per heavy atom. The molecule has 0 atom stereocenters. The molecule has 0 aliphatic rings. The van der Waals surface area contributed by atoms with Crippen molar-refractivity contribution in [3.63, 3.8) is 0 Å². The Morgan fingerprint density at radius 1 is 1.12 bits per heavy atom. The Labute approximate surface area is 199 Å². The van der Waals surface area contributed by atoms with Crippen molar-refractivity contribution < 1.29 is 9.72 Å². The van der Waals surface area contributed by atoms with Crippen LogP contribution < -0.4 is 5.32 Å². The van der Waals surface area contributed by atoms with Crippen LogP contribution >= 0.6 is 23.4 Å². The van der Waals surface area contributed by atoms with Crippen LogP contribution in [-0.2, 0) is 11.3 Å². The molecule has 0 aliphatic carbocycles. The first kappa shape index (κ1) is 22.8. The number of carbonyl (C=O) groups is 1. The minimum atomic E-state index is -0.518. The molecule has 0 bridgehead atoms. The average Bonchev–Trinajstić information content (AvgIpc) is 3.08. The standard InChI is InChI=1S/C24H21ClN4O3S/c1-15-9-16(2)11-17(10-15)13-28-22-12-18(25)7-8-20(22)27-24(28)33-14-23(30)26-19-5-3-4-6-21(19)29(31)32/h3-12H,13-14H2,1-2H3,(H,26,30). The van der Waals surface area contributed by atoms with Gasteiger partial charge in [-0.3, -0.25) is 14.9 Å². The molecule has 0 fully saturated rings. The number of imidazole rings is 1. The van der Waals surface area contributed by atoms with Gasteiger partial charge in [-0.05, 0) is 43.7 Å². The largest absolute Gasteiger partial charge is 0.320 e. The number of aryl methyl sites for hydroxylation is 2. The van der Waals surface area contributed by atoms with Crippen LogP contribution in [0.3, 0.4) is 0 Å². The number of aromatic nitrogens is 2. The molecular weight excluding hydrogens is 460 g/mol. The number of thioether (sulfide) groups is 1. The second-order valence-electron chi connectivity index (χ2n) is 7.72. The van der Waals surface area contributed by atoms with Crippen molar-refractivity contribution in [3.05, 3.63) is 92.5 Å². The number of nitro groups is 1. The molecule has 4 aromatic rings. The molecular formula is C24H21ClN4O3S. The van der Waals surface area contributed by atoms with Crippen LogP contribution in [0.5, 0.6) is 0 Å². The van der Waals surface area contributed by atoms with Crippen molar-refractivity contribution in [2.45, 2.75) is 25.5 Å². The zero-order chi connectivity index (χ0) is 23.5. The highest BCUT2D eigenvalue weighted by molar-refractivity contribution is 7.99. The predicted molar refractivity (Wildman–Crippen MR) is 132 cm³/mol. The number of benzene rings is 3. The van der Waals surface area contributed by atoms with Crippen molar-refractivity contribution in [2.24, 2.45) is 0 Å². The van der Waals surface area contributed by atoms with E-state index in [1.54, 1.807) is 18.2 Å². The fraction of sp³-hybridized carbons (Fsp3) is 0.167. The van der Waals surface area contributed by atoms with Crippen LogP contribution in [0.2, 0.25) is 5.02 Å². The Kier molecular flexibility index (Phi) is 6.67. The van der Waals surface area contributed by atoms with E-state index in [-0.39, 0.29) is 23.0 Å². The van der Waals surface area contributed by atoms with Gasteiger partial charge < -0.3 is 9.88 Å². The third-order valence-corrected chi connectivity index (χ3v) is 6.22. The van der Waals surface area contributed by atoms with Gasteiger partial charge in [0.05, 0.1) is 28.3 Å². The summed E-state index contributed by atoms with van der Waals surface area (Å²) in [6.07, 6.45) is 0. The van der Waals surface area contributed by atoms with Crippen molar-refractivity contribution in [2.75, 3.05) is 11.1 Å².